The van der Waals surface area contributed by atoms with E-state index in [4.69, 9.17) is 0 Å². The molecule has 1 aromatic heterocycles. The number of aromatic nitrogens is 2. The highest BCUT2D eigenvalue weighted by atomic mass is 16.2. The van der Waals surface area contributed by atoms with Gasteiger partial charge >= 0.3 is 0 Å². The zero-order valence-corrected chi connectivity index (χ0v) is 14.2. The number of benzene rings is 1. The van der Waals surface area contributed by atoms with Crippen LogP contribution in [0.25, 0.3) is 0 Å². The van der Waals surface area contributed by atoms with Crippen LogP contribution in [0.5, 0.6) is 0 Å². The summed E-state index contributed by atoms with van der Waals surface area (Å²) in [7, 11) is 2.07. The van der Waals surface area contributed by atoms with Crippen molar-refractivity contribution in [1.82, 2.24) is 19.8 Å². The van der Waals surface area contributed by atoms with Gasteiger partial charge in [0, 0.05) is 32.7 Å². The molecule has 0 bridgehead atoms. The minimum absolute atomic E-state index is 0.0407. The monoisotopic (exact) mass is 325 g/mol. The van der Waals surface area contributed by atoms with Gasteiger partial charge in [-0.3, -0.25) is 4.79 Å². The van der Waals surface area contributed by atoms with E-state index in [1.807, 2.05) is 17.0 Å². The molecule has 0 aliphatic carbocycles. The standard InChI is InChI=1S/C18H23N5O/c1-14-5-3-4-6-15(14)11-20-17-13-19-16(12-21-17)18(24)23-9-7-22(2)8-10-23/h3-6,12-13H,7-11H2,1-2H3,(H,20,21). The third-order valence-corrected chi connectivity index (χ3v) is 4.38. The molecule has 2 heterocycles. The van der Waals surface area contributed by atoms with Gasteiger partial charge in [-0.15, -0.1) is 0 Å². The quantitative estimate of drug-likeness (QED) is 0.928. The van der Waals surface area contributed by atoms with Crippen molar-refractivity contribution < 1.29 is 4.79 Å². The first-order valence-electron chi connectivity index (χ1n) is 8.22. The Hall–Kier alpha value is -2.47. The van der Waals surface area contributed by atoms with Gasteiger partial charge in [0.25, 0.3) is 5.91 Å². The zero-order valence-electron chi connectivity index (χ0n) is 14.2. The van der Waals surface area contributed by atoms with Crippen molar-refractivity contribution >= 4 is 11.7 Å². The molecule has 1 fully saturated rings. The Morgan fingerprint density at radius 1 is 1.12 bits per heavy atom. The number of hydrogen-bond donors (Lipinski definition) is 1. The van der Waals surface area contributed by atoms with Crippen LogP contribution >= 0.6 is 0 Å². The lowest BCUT2D eigenvalue weighted by Gasteiger charge is -2.32. The molecular formula is C18H23N5O. The number of rotatable bonds is 4. The Balaban J connectivity index is 1.59. The van der Waals surface area contributed by atoms with Crippen LogP contribution in [0.1, 0.15) is 21.6 Å². The molecule has 0 spiro atoms. The Bertz CT molecular complexity index is 693. The average molecular weight is 325 g/mol. The molecule has 1 aromatic carbocycles. The Morgan fingerprint density at radius 2 is 1.88 bits per heavy atom. The number of nitrogens with one attached hydrogen (secondary N) is 1. The van der Waals surface area contributed by atoms with Crippen LogP contribution in [0, 0.1) is 6.92 Å². The third-order valence-electron chi connectivity index (χ3n) is 4.38. The largest absolute Gasteiger partial charge is 0.365 e. The van der Waals surface area contributed by atoms with Gasteiger partial charge in [0.15, 0.2) is 0 Å². The molecule has 2 aromatic rings. The van der Waals surface area contributed by atoms with E-state index in [0.717, 1.165) is 26.2 Å². The number of aryl methyl sites for hydroxylation is 1. The first-order valence-corrected chi connectivity index (χ1v) is 8.22. The van der Waals surface area contributed by atoms with Crippen LogP contribution in [-0.4, -0.2) is 58.9 Å². The maximum absolute atomic E-state index is 12.4. The summed E-state index contributed by atoms with van der Waals surface area (Å²) in [6, 6.07) is 8.21. The number of hydrogen-bond acceptors (Lipinski definition) is 5. The summed E-state index contributed by atoms with van der Waals surface area (Å²) in [4.78, 5) is 25.1. The minimum atomic E-state index is -0.0407. The lowest BCUT2D eigenvalue weighted by molar-refractivity contribution is 0.0658. The van der Waals surface area contributed by atoms with Crippen LogP contribution < -0.4 is 5.32 Å². The number of nitrogens with zero attached hydrogens (tertiary/aromatic N) is 4. The number of piperazine rings is 1. The molecule has 1 saturated heterocycles. The number of anilines is 1. The first-order chi connectivity index (χ1) is 11.6. The Labute approximate surface area is 142 Å². The Morgan fingerprint density at radius 3 is 2.54 bits per heavy atom. The van der Waals surface area contributed by atoms with Gasteiger partial charge in [0.1, 0.15) is 11.5 Å². The smallest absolute Gasteiger partial charge is 0.274 e. The fourth-order valence-corrected chi connectivity index (χ4v) is 2.70. The molecule has 0 radical (unpaired) electrons. The summed E-state index contributed by atoms with van der Waals surface area (Å²) in [6.07, 6.45) is 3.18. The number of carbonyl (C=O) groups is 1. The fourth-order valence-electron chi connectivity index (χ4n) is 2.70. The molecule has 0 unspecified atom stereocenters. The van der Waals surface area contributed by atoms with Gasteiger partial charge in [-0.1, -0.05) is 24.3 Å². The molecule has 1 aliphatic rings. The zero-order chi connectivity index (χ0) is 16.9. The lowest BCUT2D eigenvalue weighted by Crippen LogP contribution is -2.47. The average Bonchev–Trinajstić information content (AvgIpc) is 2.62. The predicted octanol–water partition coefficient (Wildman–Crippen LogP) is 1.78. The van der Waals surface area contributed by atoms with Crippen molar-refractivity contribution in [1.29, 1.82) is 0 Å². The fraction of sp³-hybridized carbons (Fsp3) is 0.389. The molecule has 126 valence electrons. The molecule has 6 nitrogen and oxygen atoms in total. The summed E-state index contributed by atoms with van der Waals surface area (Å²) < 4.78 is 0. The van der Waals surface area contributed by atoms with Crippen molar-refractivity contribution in [2.75, 3.05) is 38.5 Å². The Kier molecular flexibility index (Phi) is 5.05. The second-order valence-electron chi connectivity index (χ2n) is 6.16. The number of carbonyl (C=O) groups excluding carboxylic acids is 1. The topological polar surface area (TPSA) is 61.4 Å². The van der Waals surface area contributed by atoms with Gasteiger partial charge in [-0.05, 0) is 25.1 Å². The van der Waals surface area contributed by atoms with Crippen molar-refractivity contribution in [3.05, 3.63) is 53.5 Å². The van der Waals surface area contributed by atoms with E-state index in [1.54, 1.807) is 12.4 Å². The van der Waals surface area contributed by atoms with E-state index in [-0.39, 0.29) is 5.91 Å². The van der Waals surface area contributed by atoms with Crippen molar-refractivity contribution in [3.8, 4) is 0 Å². The van der Waals surface area contributed by atoms with E-state index >= 15 is 0 Å². The van der Waals surface area contributed by atoms with Crippen molar-refractivity contribution in [2.24, 2.45) is 0 Å². The van der Waals surface area contributed by atoms with Crippen LogP contribution in [-0.2, 0) is 6.54 Å². The maximum atomic E-state index is 12.4. The van der Waals surface area contributed by atoms with E-state index in [9.17, 15) is 4.79 Å². The molecule has 6 heteroatoms. The summed E-state index contributed by atoms with van der Waals surface area (Å²) in [6.45, 7) is 6.05. The predicted molar refractivity (Wildman–Crippen MR) is 93.9 cm³/mol. The van der Waals surface area contributed by atoms with Crippen LogP contribution in [0.4, 0.5) is 5.82 Å². The highest BCUT2D eigenvalue weighted by Crippen LogP contribution is 2.11. The van der Waals surface area contributed by atoms with Gasteiger partial charge in [-0.2, -0.15) is 0 Å². The molecule has 0 saturated carbocycles. The maximum Gasteiger partial charge on any atom is 0.274 e. The van der Waals surface area contributed by atoms with E-state index in [2.05, 4.69) is 46.3 Å². The van der Waals surface area contributed by atoms with Crippen LogP contribution in [0.15, 0.2) is 36.7 Å². The van der Waals surface area contributed by atoms with Gasteiger partial charge < -0.3 is 15.1 Å². The normalized spacial score (nSPS) is 15.3. The molecular weight excluding hydrogens is 302 g/mol. The highest BCUT2D eigenvalue weighted by Gasteiger charge is 2.21. The van der Waals surface area contributed by atoms with Gasteiger partial charge in [-0.25, -0.2) is 9.97 Å². The van der Waals surface area contributed by atoms with E-state index in [0.29, 0.717) is 18.1 Å². The second-order valence-corrected chi connectivity index (χ2v) is 6.16. The summed E-state index contributed by atoms with van der Waals surface area (Å²) in [5, 5.41) is 3.25. The SMILES string of the molecule is Cc1ccccc1CNc1cnc(C(=O)N2CCN(C)CC2)cn1. The van der Waals surface area contributed by atoms with Crippen molar-refractivity contribution in [2.45, 2.75) is 13.5 Å². The van der Waals surface area contributed by atoms with Gasteiger partial charge in [0.2, 0.25) is 0 Å². The van der Waals surface area contributed by atoms with E-state index in [1.165, 1.54) is 11.1 Å². The third kappa shape index (κ3) is 3.89. The highest BCUT2D eigenvalue weighted by molar-refractivity contribution is 5.92. The number of amides is 1. The minimum Gasteiger partial charge on any atom is -0.365 e. The molecule has 1 aliphatic heterocycles. The van der Waals surface area contributed by atoms with Crippen LogP contribution in [0.2, 0.25) is 0 Å². The molecule has 24 heavy (non-hydrogen) atoms. The first kappa shape index (κ1) is 16.4. The van der Waals surface area contributed by atoms with E-state index < -0.39 is 0 Å². The second kappa shape index (κ2) is 7.40. The molecule has 1 N–H and O–H groups in total. The molecule has 1 amide bonds. The summed E-state index contributed by atoms with van der Waals surface area (Å²) in [5.74, 6) is 0.634. The van der Waals surface area contributed by atoms with Crippen molar-refractivity contribution in [3.63, 3.8) is 0 Å². The van der Waals surface area contributed by atoms with Crippen LogP contribution in [0.3, 0.4) is 0 Å². The molecule has 3 rings (SSSR count). The number of likely N-dealkylation sites (N-methyl/N-ethyl adjacent to an activating group) is 1. The summed E-state index contributed by atoms with van der Waals surface area (Å²) in [5.41, 5.74) is 2.86. The van der Waals surface area contributed by atoms with Gasteiger partial charge in [0.05, 0.1) is 12.4 Å². The molecule has 0 atom stereocenters. The lowest BCUT2D eigenvalue weighted by atomic mass is 10.1. The summed E-state index contributed by atoms with van der Waals surface area (Å²) >= 11 is 0.